The molecule has 4 rings (SSSR count). The molecule has 3 fully saturated rings. The Morgan fingerprint density at radius 1 is 1.19 bits per heavy atom. The molecule has 7 heteroatoms. The van der Waals surface area contributed by atoms with E-state index in [2.05, 4.69) is 24.1 Å². The smallest absolute Gasteiger partial charge is 0.325 e. The van der Waals surface area contributed by atoms with Gasteiger partial charge in [-0.3, -0.25) is 19.5 Å². The molecule has 168 valence electrons. The summed E-state index contributed by atoms with van der Waals surface area (Å²) in [5.74, 6) is 1.17. The summed E-state index contributed by atoms with van der Waals surface area (Å²) >= 11 is 0. The van der Waals surface area contributed by atoms with Crippen LogP contribution in [-0.4, -0.2) is 51.3 Å². The summed E-state index contributed by atoms with van der Waals surface area (Å²) in [6, 6.07) is 5.19. The Labute approximate surface area is 184 Å². The maximum atomic E-state index is 13.7. The van der Waals surface area contributed by atoms with Crippen LogP contribution in [0.3, 0.4) is 0 Å². The summed E-state index contributed by atoms with van der Waals surface area (Å²) < 4.78 is 0. The van der Waals surface area contributed by atoms with Gasteiger partial charge in [0, 0.05) is 25.7 Å². The SMILES string of the molecule is CC(C)CCC1(C2CCN(C(=O)CC3CC3)CC2)NC(=O)N(Cc2ccccn2)C1=O. The van der Waals surface area contributed by atoms with Gasteiger partial charge in [-0.2, -0.15) is 0 Å². The minimum absolute atomic E-state index is 0.0430. The molecule has 1 aromatic rings. The van der Waals surface area contributed by atoms with Crippen LogP contribution in [0.15, 0.2) is 24.4 Å². The molecule has 1 saturated carbocycles. The Morgan fingerprint density at radius 2 is 1.94 bits per heavy atom. The number of pyridine rings is 1. The molecule has 1 atom stereocenters. The molecule has 1 unspecified atom stereocenters. The van der Waals surface area contributed by atoms with Crippen molar-refractivity contribution >= 4 is 17.8 Å². The van der Waals surface area contributed by atoms with Gasteiger partial charge >= 0.3 is 6.03 Å². The number of carbonyl (C=O) groups is 3. The summed E-state index contributed by atoms with van der Waals surface area (Å²) in [5, 5.41) is 3.11. The third kappa shape index (κ3) is 4.75. The molecule has 7 nitrogen and oxygen atoms in total. The zero-order valence-corrected chi connectivity index (χ0v) is 18.7. The van der Waals surface area contributed by atoms with Crippen molar-refractivity contribution in [1.82, 2.24) is 20.1 Å². The lowest BCUT2D eigenvalue weighted by Crippen LogP contribution is -2.56. The van der Waals surface area contributed by atoms with Crippen LogP contribution in [-0.2, 0) is 16.1 Å². The van der Waals surface area contributed by atoms with E-state index in [-0.39, 0.29) is 30.3 Å². The second-order valence-electron chi connectivity index (χ2n) is 9.85. The van der Waals surface area contributed by atoms with Gasteiger partial charge in [-0.25, -0.2) is 4.79 Å². The number of nitrogens with zero attached hydrogens (tertiary/aromatic N) is 3. The van der Waals surface area contributed by atoms with E-state index in [1.54, 1.807) is 6.20 Å². The van der Waals surface area contributed by atoms with Crippen molar-refractivity contribution < 1.29 is 14.4 Å². The lowest BCUT2D eigenvalue weighted by Gasteiger charge is -2.41. The van der Waals surface area contributed by atoms with E-state index < -0.39 is 5.54 Å². The molecule has 1 aromatic heterocycles. The van der Waals surface area contributed by atoms with Gasteiger partial charge in [0.25, 0.3) is 5.91 Å². The summed E-state index contributed by atoms with van der Waals surface area (Å²) in [6.07, 6.45) is 7.68. The van der Waals surface area contributed by atoms with Gasteiger partial charge in [0.2, 0.25) is 5.91 Å². The highest BCUT2D eigenvalue weighted by Crippen LogP contribution is 2.39. The molecule has 3 aliphatic rings. The van der Waals surface area contributed by atoms with Crippen molar-refractivity contribution in [3.05, 3.63) is 30.1 Å². The number of imide groups is 1. The van der Waals surface area contributed by atoms with Crippen LogP contribution in [0.2, 0.25) is 0 Å². The number of nitrogens with one attached hydrogen (secondary N) is 1. The van der Waals surface area contributed by atoms with E-state index in [4.69, 9.17) is 0 Å². The quantitative estimate of drug-likeness (QED) is 0.646. The van der Waals surface area contributed by atoms with Gasteiger partial charge in [0.15, 0.2) is 0 Å². The highest BCUT2D eigenvalue weighted by Gasteiger charge is 2.55. The van der Waals surface area contributed by atoms with Crippen LogP contribution in [0.5, 0.6) is 0 Å². The molecule has 0 aromatic carbocycles. The van der Waals surface area contributed by atoms with Crippen molar-refractivity contribution in [3.63, 3.8) is 0 Å². The first kappa shape index (κ1) is 21.8. The Kier molecular flexibility index (Phi) is 6.30. The molecule has 1 N–H and O–H groups in total. The molecule has 0 spiro atoms. The number of hydrogen-bond acceptors (Lipinski definition) is 4. The van der Waals surface area contributed by atoms with E-state index in [1.165, 1.54) is 17.7 Å². The summed E-state index contributed by atoms with van der Waals surface area (Å²) in [5.41, 5.74) is -0.173. The number of carbonyl (C=O) groups excluding carboxylic acids is 3. The predicted octanol–water partition coefficient (Wildman–Crippen LogP) is 3.35. The van der Waals surface area contributed by atoms with Crippen molar-refractivity contribution in [1.29, 1.82) is 0 Å². The monoisotopic (exact) mass is 426 g/mol. The van der Waals surface area contributed by atoms with E-state index >= 15 is 0 Å². The second-order valence-corrected chi connectivity index (χ2v) is 9.85. The topological polar surface area (TPSA) is 82.6 Å². The zero-order chi connectivity index (χ0) is 22.0. The summed E-state index contributed by atoms with van der Waals surface area (Å²) in [6.45, 7) is 5.80. The van der Waals surface area contributed by atoms with E-state index in [9.17, 15) is 14.4 Å². The molecule has 1 aliphatic carbocycles. The molecule has 2 aliphatic heterocycles. The average molecular weight is 427 g/mol. The minimum Gasteiger partial charge on any atom is -0.343 e. The first-order valence-electron chi connectivity index (χ1n) is 11.7. The van der Waals surface area contributed by atoms with Gasteiger partial charge in [0.1, 0.15) is 5.54 Å². The Hall–Kier alpha value is -2.44. The fourth-order valence-corrected chi connectivity index (χ4v) is 4.93. The van der Waals surface area contributed by atoms with E-state index in [1.807, 2.05) is 23.1 Å². The summed E-state index contributed by atoms with van der Waals surface area (Å²) in [7, 11) is 0. The highest BCUT2D eigenvalue weighted by atomic mass is 16.2. The number of hydrogen-bond donors (Lipinski definition) is 1. The fraction of sp³-hybridized carbons (Fsp3) is 0.667. The molecular formula is C24H34N4O3. The van der Waals surface area contributed by atoms with Crippen molar-refractivity contribution in [2.24, 2.45) is 17.8 Å². The molecule has 4 amide bonds. The van der Waals surface area contributed by atoms with Crippen LogP contribution >= 0.6 is 0 Å². The fourth-order valence-electron chi connectivity index (χ4n) is 4.93. The minimum atomic E-state index is -0.873. The predicted molar refractivity (Wildman–Crippen MR) is 117 cm³/mol. The third-order valence-corrected chi connectivity index (χ3v) is 7.07. The van der Waals surface area contributed by atoms with Crippen molar-refractivity contribution in [2.45, 2.75) is 70.9 Å². The second kappa shape index (κ2) is 8.97. The first-order valence-corrected chi connectivity index (χ1v) is 11.7. The number of amides is 4. The normalized spacial score (nSPS) is 24.7. The average Bonchev–Trinajstić information content (AvgIpc) is 3.55. The Balaban J connectivity index is 1.48. The van der Waals surface area contributed by atoms with Crippen molar-refractivity contribution in [2.75, 3.05) is 13.1 Å². The molecular weight excluding hydrogens is 392 g/mol. The molecule has 2 saturated heterocycles. The van der Waals surface area contributed by atoms with Crippen LogP contribution in [0.1, 0.15) is 64.5 Å². The lowest BCUT2D eigenvalue weighted by molar-refractivity contribution is -0.136. The van der Waals surface area contributed by atoms with E-state index in [0.29, 0.717) is 43.5 Å². The van der Waals surface area contributed by atoms with E-state index in [0.717, 1.165) is 19.3 Å². The highest BCUT2D eigenvalue weighted by molar-refractivity contribution is 6.07. The Morgan fingerprint density at radius 3 is 2.55 bits per heavy atom. The van der Waals surface area contributed by atoms with Crippen LogP contribution in [0, 0.1) is 17.8 Å². The largest absolute Gasteiger partial charge is 0.343 e. The summed E-state index contributed by atoms with van der Waals surface area (Å²) in [4.78, 5) is 46.6. The Bertz CT molecular complexity index is 815. The van der Waals surface area contributed by atoms with Crippen LogP contribution in [0.25, 0.3) is 0 Å². The van der Waals surface area contributed by atoms with Gasteiger partial charge < -0.3 is 10.2 Å². The number of rotatable bonds is 8. The third-order valence-electron chi connectivity index (χ3n) is 7.07. The van der Waals surface area contributed by atoms with Crippen LogP contribution < -0.4 is 5.32 Å². The number of urea groups is 1. The number of aromatic nitrogens is 1. The van der Waals surface area contributed by atoms with Crippen LogP contribution in [0.4, 0.5) is 4.79 Å². The van der Waals surface area contributed by atoms with Gasteiger partial charge in [0.05, 0.1) is 12.2 Å². The number of likely N-dealkylation sites (tertiary alicyclic amines) is 1. The molecule has 3 heterocycles. The molecule has 31 heavy (non-hydrogen) atoms. The molecule has 0 bridgehead atoms. The molecule has 0 radical (unpaired) electrons. The van der Waals surface area contributed by atoms with Gasteiger partial charge in [-0.15, -0.1) is 0 Å². The maximum Gasteiger partial charge on any atom is 0.325 e. The zero-order valence-electron chi connectivity index (χ0n) is 18.7. The maximum absolute atomic E-state index is 13.7. The van der Waals surface area contributed by atoms with Crippen molar-refractivity contribution in [3.8, 4) is 0 Å². The number of piperidine rings is 1. The van der Waals surface area contributed by atoms with Gasteiger partial charge in [-0.05, 0) is 68.4 Å². The standard InChI is InChI=1S/C24H34N4O3/c1-17(2)8-11-24(19-9-13-27(14-10-19)21(29)15-18-6-7-18)22(30)28(23(31)26-24)16-20-5-3-4-12-25-20/h3-5,12,17-19H,6-11,13-16H2,1-2H3,(H,26,31). The lowest BCUT2D eigenvalue weighted by atomic mass is 9.73. The van der Waals surface area contributed by atoms with Gasteiger partial charge in [-0.1, -0.05) is 19.9 Å². The first-order chi connectivity index (χ1) is 14.9.